The molecule has 0 saturated heterocycles. The maximum atomic E-state index is 13.3. The molecule has 116 valence electrons. The molecule has 0 aliphatic heterocycles. The van der Waals surface area contributed by atoms with Gasteiger partial charge in [-0.05, 0) is 37.6 Å². The largest absolute Gasteiger partial charge is 0.326 e. The lowest BCUT2D eigenvalue weighted by Crippen LogP contribution is -2.10. The van der Waals surface area contributed by atoms with Crippen LogP contribution in [0.4, 0.5) is 16.0 Å². The van der Waals surface area contributed by atoms with Gasteiger partial charge in [-0.3, -0.25) is 9.78 Å². The number of benzene rings is 2. The lowest BCUT2D eigenvalue weighted by Gasteiger charge is -2.08. The zero-order valence-electron chi connectivity index (χ0n) is 12.9. The minimum atomic E-state index is -0.273. The maximum absolute atomic E-state index is 13.3. The number of hydrogen-bond acceptors (Lipinski definition) is 3. The molecule has 0 aliphatic rings. The molecule has 0 bridgehead atoms. The second kappa shape index (κ2) is 6.04. The first kappa shape index (κ1) is 15.0. The van der Waals surface area contributed by atoms with Gasteiger partial charge in [-0.25, -0.2) is 9.37 Å². The molecule has 0 unspecified atom stereocenters. The van der Waals surface area contributed by atoms with Crippen molar-refractivity contribution in [2.45, 2.75) is 13.8 Å². The molecule has 3 rings (SSSR count). The van der Waals surface area contributed by atoms with Crippen LogP contribution < -0.4 is 10.9 Å². The van der Waals surface area contributed by atoms with E-state index in [1.807, 2.05) is 31.2 Å². The lowest BCUT2D eigenvalue weighted by molar-refractivity contribution is 0.619. The number of hydrogen-bond donors (Lipinski definition) is 2. The van der Waals surface area contributed by atoms with Gasteiger partial charge >= 0.3 is 0 Å². The van der Waals surface area contributed by atoms with Crippen molar-refractivity contribution in [2.24, 2.45) is 0 Å². The summed E-state index contributed by atoms with van der Waals surface area (Å²) in [6, 6.07) is 13.9. The number of halogens is 1. The Kier molecular flexibility index (Phi) is 3.93. The van der Waals surface area contributed by atoms with Gasteiger partial charge in [0.2, 0.25) is 5.95 Å². The highest BCUT2D eigenvalue weighted by Gasteiger charge is 2.05. The van der Waals surface area contributed by atoms with Crippen LogP contribution in [0.5, 0.6) is 0 Å². The first-order valence-corrected chi connectivity index (χ1v) is 7.23. The van der Waals surface area contributed by atoms with Gasteiger partial charge in [0.05, 0.1) is 5.69 Å². The van der Waals surface area contributed by atoms with E-state index in [1.54, 1.807) is 19.1 Å². The third kappa shape index (κ3) is 3.45. The minimum Gasteiger partial charge on any atom is -0.326 e. The highest BCUT2D eigenvalue weighted by molar-refractivity contribution is 5.62. The normalized spacial score (nSPS) is 10.6. The summed E-state index contributed by atoms with van der Waals surface area (Å²) in [4.78, 5) is 18.9. The second-order valence-electron chi connectivity index (χ2n) is 5.43. The number of aromatic nitrogens is 2. The van der Waals surface area contributed by atoms with Gasteiger partial charge in [-0.15, -0.1) is 0 Å². The summed E-state index contributed by atoms with van der Waals surface area (Å²) in [5.74, 6) is 0.0458. The summed E-state index contributed by atoms with van der Waals surface area (Å²) in [6.07, 6.45) is 0. The van der Waals surface area contributed by atoms with E-state index in [2.05, 4.69) is 15.3 Å². The van der Waals surface area contributed by atoms with Crippen LogP contribution >= 0.6 is 0 Å². The van der Waals surface area contributed by atoms with Gasteiger partial charge < -0.3 is 5.32 Å². The van der Waals surface area contributed by atoms with E-state index >= 15 is 0 Å². The molecule has 1 aromatic heterocycles. The first-order valence-electron chi connectivity index (χ1n) is 7.23. The average molecular weight is 309 g/mol. The van der Waals surface area contributed by atoms with Crippen LogP contribution in [-0.2, 0) is 0 Å². The summed E-state index contributed by atoms with van der Waals surface area (Å²) in [6.45, 7) is 3.68. The molecule has 2 aromatic carbocycles. The van der Waals surface area contributed by atoms with Crippen LogP contribution in [0.25, 0.3) is 11.3 Å². The molecular formula is C18H16FN3O. The van der Waals surface area contributed by atoms with Gasteiger partial charge in [0.1, 0.15) is 5.82 Å². The minimum absolute atomic E-state index is 0.253. The van der Waals surface area contributed by atoms with E-state index in [1.165, 1.54) is 12.1 Å². The van der Waals surface area contributed by atoms with Crippen LogP contribution in [0.15, 0.2) is 53.3 Å². The van der Waals surface area contributed by atoms with Crippen LogP contribution in [0.1, 0.15) is 11.1 Å². The number of aryl methyl sites for hydroxylation is 2. The monoisotopic (exact) mass is 309 g/mol. The molecule has 4 nitrogen and oxygen atoms in total. The molecule has 0 saturated carbocycles. The Morgan fingerprint density at radius 1 is 1.04 bits per heavy atom. The topological polar surface area (TPSA) is 57.8 Å². The van der Waals surface area contributed by atoms with Crippen molar-refractivity contribution in [2.75, 3.05) is 5.32 Å². The summed E-state index contributed by atoms with van der Waals surface area (Å²) in [5.41, 5.74) is 3.51. The predicted molar refractivity (Wildman–Crippen MR) is 89.5 cm³/mol. The molecule has 2 N–H and O–H groups in total. The molecule has 0 spiro atoms. The van der Waals surface area contributed by atoms with Crippen molar-refractivity contribution in [3.8, 4) is 11.3 Å². The van der Waals surface area contributed by atoms with Gasteiger partial charge in [0, 0.05) is 17.3 Å². The Hall–Kier alpha value is -2.95. The van der Waals surface area contributed by atoms with Crippen molar-refractivity contribution in [1.29, 1.82) is 0 Å². The maximum Gasteiger partial charge on any atom is 0.252 e. The Balaban J connectivity index is 1.95. The number of anilines is 2. The average Bonchev–Trinajstić information content (AvgIpc) is 2.51. The summed E-state index contributed by atoms with van der Waals surface area (Å²) >= 11 is 0. The second-order valence-corrected chi connectivity index (χ2v) is 5.43. The Morgan fingerprint density at radius 3 is 2.48 bits per heavy atom. The standard InChI is InChI=1S/C18H16FN3O/c1-11-3-5-13(6-4-11)16-10-17(23)22-18(21-16)20-14-7-8-15(19)12(2)9-14/h3-10H,1-2H3,(H2,20,21,22,23). The smallest absolute Gasteiger partial charge is 0.252 e. The predicted octanol–water partition coefficient (Wildman–Crippen LogP) is 3.94. The lowest BCUT2D eigenvalue weighted by atomic mass is 10.1. The van der Waals surface area contributed by atoms with Crippen molar-refractivity contribution >= 4 is 11.6 Å². The van der Waals surface area contributed by atoms with E-state index in [4.69, 9.17) is 0 Å². The summed E-state index contributed by atoms with van der Waals surface area (Å²) in [5, 5.41) is 3.00. The zero-order chi connectivity index (χ0) is 16.4. The molecule has 0 atom stereocenters. The number of H-pyrrole nitrogens is 1. The van der Waals surface area contributed by atoms with Crippen LogP contribution in [0.2, 0.25) is 0 Å². The highest BCUT2D eigenvalue weighted by atomic mass is 19.1. The van der Waals surface area contributed by atoms with E-state index in [0.29, 0.717) is 22.9 Å². The number of nitrogens with one attached hydrogen (secondary N) is 2. The summed E-state index contributed by atoms with van der Waals surface area (Å²) in [7, 11) is 0. The zero-order valence-corrected chi connectivity index (χ0v) is 12.9. The van der Waals surface area contributed by atoms with Crippen LogP contribution in [0, 0.1) is 19.7 Å². The Bertz CT molecular complexity index is 901. The third-order valence-corrected chi connectivity index (χ3v) is 3.51. The third-order valence-electron chi connectivity index (χ3n) is 3.51. The van der Waals surface area contributed by atoms with Crippen molar-refractivity contribution in [3.05, 3.63) is 75.8 Å². The van der Waals surface area contributed by atoms with Gasteiger partial charge in [-0.2, -0.15) is 0 Å². The molecule has 23 heavy (non-hydrogen) atoms. The fourth-order valence-electron chi connectivity index (χ4n) is 2.25. The first-order chi connectivity index (χ1) is 11.0. The number of rotatable bonds is 3. The Labute approximate surface area is 133 Å². The van der Waals surface area contributed by atoms with E-state index in [0.717, 1.165) is 11.1 Å². The van der Waals surface area contributed by atoms with Crippen LogP contribution in [-0.4, -0.2) is 9.97 Å². The molecule has 1 heterocycles. The molecule has 0 radical (unpaired) electrons. The van der Waals surface area contributed by atoms with Gasteiger partial charge in [-0.1, -0.05) is 29.8 Å². The molecule has 0 aliphatic carbocycles. The molecule has 0 fully saturated rings. The molecular weight excluding hydrogens is 293 g/mol. The van der Waals surface area contributed by atoms with Crippen molar-refractivity contribution in [3.63, 3.8) is 0 Å². The quantitative estimate of drug-likeness (QED) is 0.770. The van der Waals surface area contributed by atoms with Crippen molar-refractivity contribution < 1.29 is 4.39 Å². The molecule has 0 amide bonds. The van der Waals surface area contributed by atoms with E-state index in [-0.39, 0.29) is 11.4 Å². The van der Waals surface area contributed by atoms with Gasteiger partial charge in [0.25, 0.3) is 5.56 Å². The fourth-order valence-corrected chi connectivity index (χ4v) is 2.25. The number of aromatic amines is 1. The Morgan fingerprint density at radius 2 is 1.78 bits per heavy atom. The fraction of sp³-hybridized carbons (Fsp3) is 0.111. The summed E-state index contributed by atoms with van der Waals surface area (Å²) < 4.78 is 13.3. The SMILES string of the molecule is Cc1ccc(-c2cc(=O)[nH]c(Nc3ccc(F)c(C)c3)n2)cc1. The van der Waals surface area contributed by atoms with Crippen LogP contribution in [0.3, 0.4) is 0 Å². The van der Waals surface area contributed by atoms with Gasteiger partial charge in [0.15, 0.2) is 0 Å². The highest BCUT2D eigenvalue weighted by Crippen LogP contribution is 2.20. The number of nitrogens with zero attached hydrogens (tertiary/aromatic N) is 1. The van der Waals surface area contributed by atoms with E-state index < -0.39 is 0 Å². The molecule has 3 aromatic rings. The van der Waals surface area contributed by atoms with Crippen molar-refractivity contribution in [1.82, 2.24) is 9.97 Å². The molecule has 5 heteroatoms. The van der Waals surface area contributed by atoms with E-state index in [9.17, 15) is 9.18 Å².